The highest BCUT2D eigenvalue weighted by Crippen LogP contribution is 2.06. The standard InChI is InChI=1S/C31H49N7O9S/c39-23-26(32-8-1-2-9-33-30(46)24-4-6-25(7-5-24)31(47)34-10-3-19-48)38-17-15-36(21-28(42)43)13-11-35(20-27(40)41)12-14-37(16-18-38)22-29(44)45/h4-7,23,26,32,48H,1-3,8-22H2,(H,33,46)(H,34,47)(H,40,41)(H,42,43)(H,44,45). The second-order valence-electron chi connectivity index (χ2n) is 11.5. The number of rotatable bonds is 19. The van der Waals surface area contributed by atoms with E-state index >= 15 is 0 Å². The number of carboxylic acid groups (broad SMARTS) is 3. The molecule has 2 rings (SSSR count). The van der Waals surface area contributed by atoms with Gasteiger partial charge in [-0.2, -0.15) is 12.6 Å². The maximum Gasteiger partial charge on any atom is 0.317 e. The van der Waals surface area contributed by atoms with E-state index in [0.717, 1.165) is 12.7 Å². The summed E-state index contributed by atoms with van der Waals surface area (Å²) in [4.78, 5) is 78.1. The Kier molecular flexibility index (Phi) is 19.3. The van der Waals surface area contributed by atoms with Crippen LogP contribution in [0.3, 0.4) is 0 Å². The molecule has 16 nitrogen and oxygen atoms in total. The van der Waals surface area contributed by atoms with Crippen molar-refractivity contribution < 1.29 is 44.1 Å². The highest BCUT2D eigenvalue weighted by atomic mass is 32.1. The quantitative estimate of drug-likeness (QED) is 0.0517. The van der Waals surface area contributed by atoms with Crippen LogP contribution in [0.5, 0.6) is 0 Å². The molecule has 0 bridgehead atoms. The SMILES string of the molecule is O=CC(NCCCCNC(=O)c1ccc(C(=O)NCCCS)cc1)N1CCN(CC(=O)O)CCN(CC(=O)O)CCN(CC(=O)O)CC1. The summed E-state index contributed by atoms with van der Waals surface area (Å²) in [5.41, 5.74) is 0.894. The first-order valence-corrected chi connectivity index (χ1v) is 16.7. The Hall–Kier alpha value is -3.61. The number of carboxylic acids is 3. The zero-order chi connectivity index (χ0) is 35.3. The van der Waals surface area contributed by atoms with E-state index in [2.05, 4.69) is 28.6 Å². The van der Waals surface area contributed by atoms with Gasteiger partial charge in [0.1, 0.15) is 6.17 Å². The van der Waals surface area contributed by atoms with Gasteiger partial charge in [-0.05, 0) is 55.8 Å². The number of unbranched alkanes of at least 4 members (excludes halogenated alkanes) is 1. The van der Waals surface area contributed by atoms with Gasteiger partial charge in [-0.1, -0.05) is 0 Å². The highest BCUT2D eigenvalue weighted by molar-refractivity contribution is 7.80. The number of hydrogen-bond acceptors (Lipinski definition) is 12. The lowest BCUT2D eigenvalue weighted by molar-refractivity contribution is -0.140. The average Bonchev–Trinajstić information content (AvgIpc) is 3.04. The van der Waals surface area contributed by atoms with Crippen LogP contribution in [-0.2, 0) is 19.2 Å². The Morgan fingerprint density at radius 3 is 1.40 bits per heavy atom. The first-order valence-electron chi connectivity index (χ1n) is 16.0. The first kappa shape index (κ1) is 40.6. The van der Waals surface area contributed by atoms with Gasteiger partial charge >= 0.3 is 17.9 Å². The van der Waals surface area contributed by atoms with E-state index in [1.807, 2.05) is 4.90 Å². The lowest BCUT2D eigenvalue weighted by Gasteiger charge is -2.35. The van der Waals surface area contributed by atoms with Crippen LogP contribution in [0.25, 0.3) is 0 Å². The topological polar surface area (TPSA) is 212 Å². The Morgan fingerprint density at radius 2 is 1.02 bits per heavy atom. The number of nitrogens with one attached hydrogen (secondary N) is 3. The van der Waals surface area contributed by atoms with Gasteiger partial charge in [0.2, 0.25) is 0 Å². The van der Waals surface area contributed by atoms with Crippen molar-refractivity contribution in [3.05, 3.63) is 35.4 Å². The van der Waals surface area contributed by atoms with Gasteiger partial charge in [-0.15, -0.1) is 0 Å². The number of hydrogen-bond donors (Lipinski definition) is 7. The largest absolute Gasteiger partial charge is 0.480 e. The molecule has 1 aromatic rings. The Labute approximate surface area is 286 Å². The molecule has 1 aliphatic rings. The minimum absolute atomic E-state index is 0.211. The summed E-state index contributed by atoms with van der Waals surface area (Å²) < 4.78 is 0. The molecule has 6 N–H and O–H groups in total. The number of carbonyl (C=O) groups is 6. The van der Waals surface area contributed by atoms with Crippen LogP contribution in [0.1, 0.15) is 40.0 Å². The van der Waals surface area contributed by atoms with Gasteiger partial charge < -0.3 is 30.7 Å². The van der Waals surface area contributed by atoms with Gasteiger partial charge in [0.15, 0.2) is 6.29 Å². The fraction of sp³-hybridized carbons (Fsp3) is 0.613. The van der Waals surface area contributed by atoms with Crippen molar-refractivity contribution in [1.29, 1.82) is 0 Å². The van der Waals surface area contributed by atoms with Crippen molar-refractivity contribution in [2.45, 2.75) is 25.4 Å². The van der Waals surface area contributed by atoms with Crippen molar-refractivity contribution in [3.8, 4) is 0 Å². The summed E-state index contributed by atoms with van der Waals surface area (Å²) in [7, 11) is 0. The minimum atomic E-state index is -1.03. The van der Waals surface area contributed by atoms with Crippen molar-refractivity contribution in [2.24, 2.45) is 0 Å². The third kappa shape index (κ3) is 16.5. The molecule has 0 radical (unpaired) electrons. The molecule has 2 amide bonds. The molecule has 0 spiro atoms. The third-order valence-electron chi connectivity index (χ3n) is 7.74. The summed E-state index contributed by atoms with van der Waals surface area (Å²) in [6.07, 6.45) is 2.08. The molecule has 17 heteroatoms. The van der Waals surface area contributed by atoms with E-state index in [1.165, 1.54) is 0 Å². The van der Waals surface area contributed by atoms with Crippen molar-refractivity contribution in [3.63, 3.8) is 0 Å². The van der Waals surface area contributed by atoms with Gasteiger partial charge in [0.05, 0.1) is 19.6 Å². The zero-order valence-corrected chi connectivity index (χ0v) is 28.1. The van der Waals surface area contributed by atoms with Crippen LogP contribution < -0.4 is 16.0 Å². The van der Waals surface area contributed by atoms with Crippen LogP contribution in [0.2, 0.25) is 0 Å². The molecule has 1 heterocycles. The second-order valence-corrected chi connectivity index (χ2v) is 11.9. The zero-order valence-electron chi connectivity index (χ0n) is 27.2. The molecule has 268 valence electrons. The second kappa shape index (κ2) is 22.9. The van der Waals surface area contributed by atoms with Crippen LogP contribution in [-0.4, -0.2) is 174 Å². The molecule has 0 aliphatic carbocycles. The third-order valence-corrected chi connectivity index (χ3v) is 8.06. The minimum Gasteiger partial charge on any atom is -0.480 e. The van der Waals surface area contributed by atoms with Gasteiger partial charge in [0.25, 0.3) is 11.8 Å². The normalized spacial score (nSPS) is 16.6. The van der Waals surface area contributed by atoms with Gasteiger partial charge in [-0.3, -0.25) is 48.9 Å². The van der Waals surface area contributed by atoms with Crippen LogP contribution in [0.4, 0.5) is 0 Å². The average molecular weight is 696 g/mol. The molecule has 48 heavy (non-hydrogen) atoms. The van der Waals surface area contributed by atoms with E-state index in [1.54, 1.807) is 39.0 Å². The number of aldehydes is 1. The number of benzene rings is 1. The fourth-order valence-corrected chi connectivity index (χ4v) is 5.26. The van der Waals surface area contributed by atoms with Crippen LogP contribution in [0.15, 0.2) is 24.3 Å². The summed E-state index contributed by atoms with van der Waals surface area (Å²) in [6.45, 7) is 2.99. The van der Waals surface area contributed by atoms with Gasteiger partial charge in [0, 0.05) is 76.6 Å². The number of aliphatic carboxylic acids is 3. The highest BCUT2D eigenvalue weighted by Gasteiger charge is 2.23. The summed E-state index contributed by atoms with van der Waals surface area (Å²) in [5, 5.41) is 37.0. The van der Waals surface area contributed by atoms with Crippen LogP contribution in [0, 0.1) is 0 Å². The molecule has 1 fully saturated rings. The number of carbonyl (C=O) groups excluding carboxylic acids is 3. The molecular weight excluding hydrogens is 646 g/mol. The van der Waals surface area contributed by atoms with E-state index in [4.69, 9.17) is 0 Å². The maximum absolute atomic E-state index is 12.5. The lowest BCUT2D eigenvalue weighted by Crippen LogP contribution is -2.54. The Balaban J connectivity index is 1.91. The lowest BCUT2D eigenvalue weighted by atomic mass is 10.1. The summed E-state index contributed by atoms with van der Waals surface area (Å²) in [6, 6.07) is 6.39. The number of nitrogens with zero attached hydrogens (tertiary/aromatic N) is 4. The van der Waals surface area contributed by atoms with E-state index in [-0.39, 0.29) is 57.6 Å². The molecule has 0 saturated carbocycles. The first-order chi connectivity index (χ1) is 23.0. The van der Waals surface area contributed by atoms with E-state index < -0.39 is 24.1 Å². The Bertz CT molecular complexity index is 1160. The molecule has 1 saturated heterocycles. The molecule has 1 unspecified atom stereocenters. The predicted octanol–water partition coefficient (Wildman–Crippen LogP) is -1.16. The fourth-order valence-electron chi connectivity index (χ4n) is 5.10. The molecular formula is C31H49N7O9S. The predicted molar refractivity (Wildman–Crippen MR) is 180 cm³/mol. The van der Waals surface area contributed by atoms with E-state index in [9.17, 15) is 44.1 Å². The monoisotopic (exact) mass is 695 g/mol. The van der Waals surface area contributed by atoms with E-state index in [0.29, 0.717) is 75.5 Å². The summed E-state index contributed by atoms with van der Waals surface area (Å²) >= 11 is 4.12. The number of thiol groups is 1. The molecule has 1 aliphatic heterocycles. The smallest absolute Gasteiger partial charge is 0.317 e. The van der Waals surface area contributed by atoms with Crippen molar-refractivity contribution in [2.75, 3.05) is 97.4 Å². The van der Waals surface area contributed by atoms with Gasteiger partial charge in [-0.25, -0.2) is 0 Å². The number of amides is 2. The molecule has 1 aromatic carbocycles. The molecule has 1 atom stereocenters. The maximum atomic E-state index is 12.5. The summed E-state index contributed by atoms with van der Waals surface area (Å²) in [5.74, 6) is -2.88. The van der Waals surface area contributed by atoms with Crippen LogP contribution >= 0.6 is 12.6 Å². The molecule has 0 aromatic heterocycles. The Morgan fingerprint density at radius 1 is 0.646 bits per heavy atom. The van der Waals surface area contributed by atoms with Crippen molar-refractivity contribution in [1.82, 2.24) is 35.6 Å². The van der Waals surface area contributed by atoms with Crippen molar-refractivity contribution >= 4 is 48.6 Å².